The Morgan fingerprint density at radius 1 is 1.10 bits per heavy atom. The van der Waals surface area contributed by atoms with Gasteiger partial charge in [0.15, 0.2) is 17.6 Å². The molecule has 0 spiro atoms. The zero-order valence-electron chi connectivity index (χ0n) is 16.1. The van der Waals surface area contributed by atoms with Crippen LogP contribution >= 0.6 is 11.8 Å². The van der Waals surface area contributed by atoms with Gasteiger partial charge >= 0.3 is 11.8 Å². The van der Waals surface area contributed by atoms with Crippen molar-refractivity contribution in [3.8, 4) is 17.1 Å². The van der Waals surface area contributed by atoms with Gasteiger partial charge in [-0.15, -0.1) is 10.2 Å². The number of hydrogen-bond donors (Lipinski definition) is 0. The SMILES string of the molecule is O=C(CSc1nnc(-c2ccc(F)cc2)n1-c1ccccc1)OCc1nccc[n+]1[O-]. The molecule has 0 amide bonds. The number of halogens is 1. The van der Waals surface area contributed by atoms with E-state index in [1.807, 2.05) is 30.3 Å². The van der Waals surface area contributed by atoms with Gasteiger partial charge < -0.3 is 9.94 Å². The number of carbonyl (C=O) groups is 1. The number of para-hydroxylation sites is 1. The van der Waals surface area contributed by atoms with E-state index in [2.05, 4.69) is 15.2 Å². The third kappa shape index (κ3) is 4.86. The van der Waals surface area contributed by atoms with Crippen LogP contribution in [0.25, 0.3) is 17.1 Å². The summed E-state index contributed by atoms with van der Waals surface area (Å²) < 4.78 is 20.8. The summed E-state index contributed by atoms with van der Waals surface area (Å²) in [7, 11) is 0. The smallest absolute Gasteiger partial charge is 0.339 e. The number of rotatable bonds is 7. The van der Waals surface area contributed by atoms with Gasteiger partial charge in [0.05, 0.1) is 11.9 Å². The van der Waals surface area contributed by atoms with Crippen molar-refractivity contribution >= 4 is 17.7 Å². The Morgan fingerprint density at radius 2 is 1.87 bits per heavy atom. The monoisotopic (exact) mass is 437 g/mol. The molecular weight excluding hydrogens is 421 g/mol. The molecule has 0 unspecified atom stereocenters. The van der Waals surface area contributed by atoms with E-state index in [1.54, 1.807) is 16.7 Å². The Morgan fingerprint density at radius 3 is 2.61 bits per heavy atom. The molecule has 2 aromatic heterocycles. The lowest BCUT2D eigenvalue weighted by Gasteiger charge is -2.10. The highest BCUT2D eigenvalue weighted by Gasteiger charge is 2.18. The van der Waals surface area contributed by atoms with Crippen LogP contribution < -0.4 is 4.73 Å². The van der Waals surface area contributed by atoms with Gasteiger partial charge in [-0.25, -0.2) is 9.12 Å². The van der Waals surface area contributed by atoms with Gasteiger partial charge in [-0.1, -0.05) is 30.0 Å². The van der Waals surface area contributed by atoms with Gasteiger partial charge in [0.1, 0.15) is 12.0 Å². The largest absolute Gasteiger partial charge is 0.711 e. The van der Waals surface area contributed by atoms with Crippen LogP contribution in [0.2, 0.25) is 0 Å². The van der Waals surface area contributed by atoms with Crippen LogP contribution in [-0.4, -0.2) is 31.5 Å². The quantitative estimate of drug-likeness (QED) is 0.190. The van der Waals surface area contributed by atoms with Crippen molar-refractivity contribution in [2.45, 2.75) is 11.8 Å². The molecule has 31 heavy (non-hydrogen) atoms. The van der Waals surface area contributed by atoms with Gasteiger partial charge in [-0.05, 0) is 41.4 Å². The van der Waals surface area contributed by atoms with E-state index in [1.165, 1.54) is 30.6 Å². The van der Waals surface area contributed by atoms with Crippen LogP contribution in [0, 0.1) is 11.0 Å². The summed E-state index contributed by atoms with van der Waals surface area (Å²) in [4.78, 5) is 16.1. The van der Waals surface area contributed by atoms with E-state index in [0.29, 0.717) is 21.3 Å². The lowest BCUT2D eigenvalue weighted by molar-refractivity contribution is -0.620. The molecule has 0 aliphatic heterocycles. The molecule has 0 aliphatic rings. The average Bonchev–Trinajstić information content (AvgIpc) is 3.22. The first-order valence-electron chi connectivity index (χ1n) is 9.20. The molecule has 0 N–H and O–H groups in total. The Bertz CT molecular complexity index is 1190. The maximum absolute atomic E-state index is 13.3. The van der Waals surface area contributed by atoms with Crippen LogP contribution in [0.4, 0.5) is 4.39 Å². The minimum Gasteiger partial charge on any atom is -0.711 e. The maximum Gasteiger partial charge on any atom is 0.339 e. The minimum atomic E-state index is -0.526. The fraction of sp³-hybridized carbons (Fsp3) is 0.0952. The fourth-order valence-corrected chi connectivity index (χ4v) is 3.51. The van der Waals surface area contributed by atoms with E-state index >= 15 is 0 Å². The van der Waals surface area contributed by atoms with Gasteiger partial charge in [0.2, 0.25) is 0 Å². The maximum atomic E-state index is 13.3. The molecule has 0 saturated carbocycles. The molecule has 4 aromatic rings. The molecule has 0 atom stereocenters. The summed E-state index contributed by atoms with van der Waals surface area (Å²) in [6.07, 6.45) is 2.73. The number of thioether (sulfide) groups is 1. The topological polar surface area (TPSA) is 96.8 Å². The van der Waals surface area contributed by atoms with Gasteiger partial charge in [0.25, 0.3) is 0 Å². The Balaban J connectivity index is 1.52. The molecule has 0 aliphatic carbocycles. The molecule has 0 fully saturated rings. The standard InChI is InChI=1S/C21H16FN5O3S/c22-16-9-7-15(8-10-16)20-24-25-21(27(20)17-5-2-1-3-6-17)31-14-19(28)30-13-18-23-11-4-12-26(18)29/h1-12H,13-14H2. The van der Waals surface area contributed by atoms with Crippen LogP contribution in [-0.2, 0) is 16.1 Å². The number of carbonyl (C=O) groups excluding carboxylic acids is 1. The average molecular weight is 437 g/mol. The van der Waals surface area contributed by atoms with Crippen LogP contribution in [0.15, 0.2) is 78.2 Å². The number of ether oxygens (including phenoxy) is 1. The van der Waals surface area contributed by atoms with Crippen molar-refractivity contribution in [3.63, 3.8) is 0 Å². The second-order valence-electron chi connectivity index (χ2n) is 6.30. The number of hydrogen-bond acceptors (Lipinski definition) is 7. The molecule has 2 heterocycles. The van der Waals surface area contributed by atoms with Crippen LogP contribution in [0.3, 0.4) is 0 Å². The fourth-order valence-electron chi connectivity index (χ4n) is 2.76. The van der Waals surface area contributed by atoms with Gasteiger partial charge in [0, 0.05) is 17.3 Å². The summed E-state index contributed by atoms with van der Waals surface area (Å²) in [5.74, 6) is -0.310. The summed E-state index contributed by atoms with van der Waals surface area (Å²) >= 11 is 1.14. The molecule has 0 saturated heterocycles. The lowest BCUT2D eigenvalue weighted by atomic mass is 10.2. The van der Waals surface area contributed by atoms with Crippen molar-refractivity contribution in [2.24, 2.45) is 0 Å². The first kappa shape index (κ1) is 20.5. The number of benzene rings is 2. The number of aromatic nitrogens is 5. The predicted octanol–water partition coefficient (Wildman–Crippen LogP) is 2.94. The van der Waals surface area contributed by atoms with Crippen molar-refractivity contribution in [1.29, 1.82) is 0 Å². The third-order valence-corrected chi connectivity index (χ3v) is 5.12. The van der Waals surface area contributed by atoms with E-state index in [4.69, 9.17) is 4.74 Å². The van der Waals surface area contributed by atoms with Crippen molar-refractivity contribution in [1.82, 2.24) is 19.7 Å². The molecule has 8 nitrogen and oxygen atoms in total. The summed E-state index contributed by atoms with van der Waals surface area (Å²) in [5.41, 5.74) is 1.48. The van der Waals surface area contributed by atoms with Crippen LogP contribution in [0.5, 0.6) is 0 Å². The minimum absolute atomic E-state index is 0.0416. The second kappa shape index (κ2) is 9.35. The van der Waals surface area contributed by atoms with E-state index < -0.39 is 5.97 Å². The molecule has 2 aromatic carbocycles. The van der Waals surface area contributed by atoms with Gasteiger partial charge in [-0.2, -0.15) is 0 Å². The molecule has 156 valence electrons. The van der Waals surface area contributed by atoms with E-state index in [9.17, 15) is 14.4 Å². The highest BCUT2D eigenvalue weighted by Crippen LogP contribution is 2.28. The van der Waals surface area contributed by atoms with E-state index in [0.717, 1.165) is 17.4 Å². The first-order valence-corrected chi connectivity index (χ1v) is 10.2. The number of nitrogens with zero attached hydrogens (tertiary/aromatic N) is 5. The normalized spacial score (nSPS) is 10.7. The molecule has 10 heteroatoms. The molecule has 0 radical (unpaired) electrons. The van der Waals surface area contributed by atoms with Crippen molar-refractivity contribution < 1.29 is 18.7 Å². The molecular formula is C21H16FN5O3S. The summed E-state index contributed by atoms with van der Waals surface area (Å²) in [5, 5.41) is 20.5. The number of esters is 1. The Kier molecular flexibility index (Phi) is 6.18. The first-order chi connectivity index (χ1) is 15.1. The van der Waals surface area contributed by atoms with Crippen molar-refractivity contribution in [2.75, 3.05) is 5.75 Å². The summed E-state index contributed by atoms with van der Waals surface area (Å²) in [6.45, 7) is -0.226. The highest BCUT2D eigenvalue weighted by atomic mass is 32.2. The van der Waals surface area contributed by atoms with Crippen molar-refractivity contribution in [3.05, 3.63) is 89.9 Å². The zero-order valence-corrected chi connectivity index (χ0v) is 16.9. The Hall–Kier alpha value is -3.79. The van der Waals surface area contributed by atoms with E-state index in [-0.39, 0.29) is 24.0 Å². The zero-order chi connectivity index (χ0) is 21.6. The predicted molar refractivity (Wildman–Crippen MR) is 110 cm³/mol. The molecule has 4 rings (SSSR count). The summed E-state index contributed by atoms with van der Waals surface area (Å²) in [6, 6.07) is 16.8. The highest BCUT2D eigenvalue weighted by molar-refractivity contribution is 7.99. The van der Waals surface area contributed by atoms with Crippen LogP contribution in [0.1, 0.15) is 5.82 Å². The second-order valence-corrected chi connectivity index (χ2v) is 7.24. The lowest BCUT2D eigenvalue weighted by Crippen LogP contribution is -2.33. The van der Waals surface area contributed by atoms with Gasteiger partial charge in [-0.3, -0.25) is 9.36 Å². The molecule has 0 bridgehead atoms. The third-order valence-electron chi connectivity index (χ3n) is 4.22. The Labute approximate surface area is 180 Å².